The van der Waals surface area contributed by atoms with Crippen molar-refractivity contribution in [1.82, 2.24) is 14.9 Å². The van der Waals surface area contributed by atoms with Gasteiger partial charge < -0.3 is 24.8 Å². The molecule has 10 nitrogen and oxygen atoms in total. The number of fused-ring (bicyclic) bond motifs is 1. The Morgan fingerprint density at radius 2 is 1.88 bits per heavy atom. The van der Waals surface area contributed by atoms with E-state index in [1.165, 1.54) is 11.8 Å². The van der Waals surface area contributed by atoms with Crippen molar-refractivity contribution < 1.29 is 19.0 Å². The fourth-order valence-corrected chi connectivity index (χ4v) is 6.47. The molecule has 2 N–H and O–H groups in total. The first-order chi connectivity index (χ1) is 25.0. The van der Waals surface area contributed by atoms with Crippen LogP contribution < -0.4 is 20.1 Å². The number of nitrogens with one attached hydrogen (secondary N) is 2. The molecule has 1 atom stereocenters. The molecule has 11 heteroatoms. The number of likely N-dealkylation sites (tertiary alicyclic amines) is 1. The number of pyridine rings is 2. The van der Waals surface area contributed by atoms with E-state index in [2.05, 4.69) is 55.8 Å². The van der Waals surface area contributed by atoms with E-state index in [-0.39, 0.29) is 18.6 Å². The Morgan fingerprint density at radius 1 is 1.04 bits per heavy atom. The van der Waals surface area contributed by atoms with Crippen molar-refractivity contribution in [3.05, 3.63) is 125 Å². The highest BCUT2D eigenvalue weighted by Crippen LogP contribution is 2.38. The van der Waals surface area contributed by atoms with E-state index in [1.807, 2.05) is 36.4 Å². The lowest BCUT2D eigenvalue weighted by Crippen LogP contribution is -2.30. The maximum Gasteiger partial charge on any atom is 0.248 e. The monoisotopic (exact) mass is 700 g/mol. The summed E-state index contributed by atoms with van der Waals surface area (Å²) in [6.45, 7) is 4.02. The third kappa shape index (κ3) is 8.64. The predicted molar refractivity (Wildman–Crippen MR) is 197 cm³/mol. The van der Waals surface area contributed by atoms with E-state index >= 15 is 0 Å². The van der Waals surface area contributed by atoms with Gasteiger partial charge in [-0.25, -0.2) is 0 Å². The normalized spacial score (nSPS) is 16.0. The van der Waals surface area contributed by atoms with Gasteiger partial charge >= 0.3 is 0 Å². The fraction of sp³-hybridized carbons (Fsp3) is 0.250. The molecule has 258 valence electrons. The quantitative estimate of drug-likeness (QED) is 0.133. The zero-order valence-electron chi connectivity index (χ0n) is 28.0. The molecule has 51 heavy (non-hydrogen) atoms. The number of nitriles is 1. The number of amides is 1. The van der Waals surface area contributed by atoms with Crippen LogP contribution in [0.3, 0.4) is 0 Å². The number of benzene rings is 3. The molecular weight excluding hydrogens is 664 g/mol. The summed E-state index contributed by atoms with van der Waals surface area (Å²) in [5.41, 5.74) is 5.74. The van der Waals surface area contributed by atoms with E-state index in [0.717, 1.165) is 50.2 Å². The van der Waals surface area contributed by atoms with Gasteiger partial charge in [0.05, 0.1) is 46.4 Å². The average Bonchev–Trinajstić information content (AvgIpc) is 3.67. The lowest BCUT2D eigenvalue weighted by molar-refractivity contribution is -0.112. The zero-order valence-corrected chi connectivity index (χ0v) is 28.7. The maximum atomic E-state index is 13.5. The Labute approximate surface area is 301 Å². The molecular formula is C40H37ClN6O4. The molecule has 2 aliphatic heterocycles. The first-order valence-electron chi connectivity index (χ1n) is 17.0. The molecule has 0 aliphatic carbocycles. The SMILES string of the molecule is N#Cc1cnc2cc(OC3CCOC3)c(NC(=O)C=C3CCN(Cc4ccccc4)CC3)cc2c1Nc1ccc(OCc2ccccn2)c(Cl)c1. The summed E-state index contributed by atoms with van der Waals surface area (Å²) in [4.78, 5) is 24.8. The van der Waals surface area contributed by atoms with Crippen molar-refractivity contribution in [3.63, 3.8) is 0 Å². The van der Waals surface area contributed by atoms with Crippen molar-refractivity contribution >= 4 is 45.5 Å². The van der Waals surface area contributed by atoms with Crippen LogP contribution in [-0.4, -0.2) is 53.2 Å². The Bertz CT molecular complexity index is 2070. The molecule has 7 rings (SSSR count). The molecule has 4 heterocycles. The number of aromatic nitrogens is 2. The lowest BCUT2D eigenvalue weighted by atomic mass is 10.0. The third-order valence-corrected chi connectivity index (χ3v) is 9.21. The van der Waals surface area contributed by atoms with E-state index in [4.69, 9.17) is 25.8 Å². The number of rotatable bonds is 11. The van der Waals surface area contributed by atoms with Crippen molar-refractivity contribution in [2.24, 2.45) is 0 Å². The number of piperidine rings is 1. The number of ether oxygens (including phenoxy) is 3. The van der Waals surface area contributed by atoms with Gasteiger partial charge in [0.15, 0.2) is 0 Å². The highest BCUT2D eigenvalue weighted by atomic mass is 35.5. The highest BCUT2D eigenvalue weighted by molar-refractivity contribution is 6.32. The van der Waals surface area contributed by atoms with Gasteiger partial charge in [0, 0.05) is 61.7 Å². The number of hydrogen-bond acceptors (Lipinski definition) is 9. The summed E-state index contributed by atoms with van der Waals surface area (Å²) in [6.07, 6.45) is 7.16. The number of halogens is 1. The van der Waals surface area contributed by atoms with Gasteiger partial charge in [0.1, 0.15) is 30.3 Å². The van der Waals surface area contributed by atoms with Crippen molar-refractivity contribution in [2.75, 3.05) is 36.9 Å². The second-order valence-corrected chi connectivity index (χ2v) is 13.0. The standard InChI is InChI=1S/C40H37ClN6O4/c41-34-19-30(9-10-37(34)50-25-31-8-4-5-14-43-31)45-40-29(22-42)23-44-35-21-38(51-32-13-17-49-26-32)36(20-33(35)40)46-39(48)18-27-11-15-47(16-12-27)24-28-6-2-1-3-7-28/h1-10,14,18-21,23,32H,11-13,15-17,24-26H2,(H,44,45)(H,46,48). The van der Waals surface area contributed by atoms with E-state index in [9.17, 15) is 10.1 Å². The van der Waals surface area contributed by atoms with Crippen molar-refractivity contribution in [3.8, 4) is 17.6 Å². The second kappa shape index (κ2) is 16.0. The minimum absolute atomic E-state index is 0.151. The molecule has 0 radical (unpaired) electrons. The molecule has 1 amide bonds. The minimum atomic E-state index is -0.236. The highest BCUT2D eigenvalue weighted by Gasteiger charge is 2.22. The van der Waals surface area contributed by atoms with Gasteiger partial charge in [0.2, 0.25) is 5.91 Å². The molecule has 0 bridgehead atoms. The second-order valence-electron chi connectivity index (χ2n) is 12.6. The maximum absolute atomic E-state index is 13.5. The van der Waals surface area contributed by atoms with Crippen molar-refractivity contribution in [1.29, 1.82) is 5.26 Å². The summed E-state index contributed by atoms with van der Waals surface area (Å²) in [6, 6.07) is 27.2. The van der Waals surface area contributed by atoms with Gasteiger partial charge in [-0.2, -0.15) is 5.26 Å². The molecule has 5 aromatic rings. The van der Waals surface area contributed by atoms with Crippen LogP contribution in [0.1, 0.15) is 36.1 Å². The van der Waals surface area contributed by atoms with Gasteiger partial charge in [0.25, 0.3) is 0 Å². The van der Waals surface area contributed by atoms with E-state index in [1.54, 1.807) is 30.5 Å². The third-order valence-electron chi connectivity index (χ3n) is 8.91. The number of anilines is 3. The molecule has 3 aromatic carbocycles. The Hall–Kier alpha value is -5.47. The topological polar surface area (TPSA) is 122 Å². The Kier molecular flexibility index (Phi) is 10.7. The summed E-state index contributed by atoms with van der Waals surface area (Å²) < 4.78 is 17.8. The fourth-order valence-electron chi connectivity index (χ4n) is 6.23. The van der Waals surface area contributed by atoms with Crippen LogP contribution in [-0.2, 0) is 22.7 Å². The summed E-state index contributed by atoms with van der Waals surface area (Å²) in [5.74, 6) is 0.759. The molecule has 2 aliphatic rings. The first-order valence-corrected chi connectivity index (χ1v) is 17.4. The molecule has 2 saturated heterocycles. The average molecular weight is 701 g/mol. The van der Waals surface area contributed by atoms with E-state index < -0.39 is 0 Å². The van der Waals surface area contributed by atoms with Crippen LogP contribution in [0.25, 0.3) is 10.9 Å². The number of hydrogen-bond donors (Lipinski definition) is 2. The molecule has 1 unspecified atom stereocenters. The molecule has 2 fully saturated rings. The minimum Gasteiger partial charge on any atom is -0.486 e. The number of carbonyl (C=O) groups is 1. The van der Waals surface area contributed by atoms with Crippen LogP contribution in [0.15, 0.2) is 103 Å². The van der Waals surface area contributed by atoms with Gasteiger partial charge in [-0.3, -0.25) is 19.7 Å². The van der Waals surface area contributed by atoms with Crippen molar-refractivity contribution in [2.45, 2.75) is 38.5 Å². The Balaban J connectivity index is 1.12. The smallest absolute Gasteiger partial charge is 0.248 e. The molecule has 2 aromatic heterocycles. The molecule has 0 saturated carbocycles. The number of nitrogens with zero attached hydrogens (tertiary/aromatic N) is 4. The largest absolute Gasteiger partial charge is 0.486 e. The Morgan fingerprint density at radius 3 is 2.63 bits per heavy atom. The summed E-state index contributed by atoms with van der Waals surface area (Å²) in [7, 11) is 0. The first kappa shape index (κ1) is 34.0. The molecule has 0 spiro atoms. The van der Waals surface area contributed by atoms with Gasteiger partial charge in [-0.05, 0) is 54.8 Å². The van der Waals surface area contributed by atoms with E-state index in [0.29, 0.717) is 63.3 Å². The van der Waals surface area contributed by atoms with Crippen LogP contribution in [0.5, 0.6) is 11.5 Å². The van der Waals surface area contributed by atoms with Gasteiger partial charge in [-0.1, -0.05) is 53.6 Å². The summed E-state index contributed by atoms with van der Waals surface area (Å²) in [5, 5.41) is 17.5. The van der Waals surface area contributed by atoms with Crippen LogP contribution in [0.2, 0.25) is 5.02 Å². The van der Waals surface area contributed by atoms with Gasteiger partial charge in [-0.15, -0.1) is 0 Å². The van der Waals surface area contributed by atoms with Crippen LogP contribution >= 0.6 is 11.6 Å². The summed E-state index contributed by atoms with van der Waals surface area (Å²) >= 11 is 6.62. The zero-order chi connectivity index (χ0) is 35.0. The lowest BCUT2D eigenvalue weighted by Gasteiger charge is -2.28. The predicted octanol–water partition coefficient (Wildman–Crippen LogP) is 7.81. The number of carbonyl (C=O) groups excluding carboxylic acids is 1. The van der Waals surface area contributed by atoms with Crippen LogP contribution in [0.4, 0.5) is 17.1 Å². The van der Waals surface area contributed by atoms with Crippen LogP contribution in [0, 0.1) is 11.3 Å².